The van der Waals surface area contributed by atoms with E-state index in [2.05, 4.69) is 15.6 Å². The van der Waals surface area contributed by atoms with Gasteiger partial charge in [-0.05, 0) is 24.4 Å². The van der Waals surface area contributed by atoms with E-state index in [0.717, 1.165) is 11.1 Å². The summed E-state index contributed by atoms with van der Waals surface area (Å²) in [6.07, 6.45) is 3.34. The second-order valence-corrected chi connectivity index (χ2v) is 5.69. The number of nitro groups is 1. The van der Waals surface area contributed by atoms with Gasteiger partial charge in [-0.15, -0.1) is 0 Å². The Morgan fingerprint density at radius 3 is 2.54 bits per heavy atom. The van der Waals surface area contributed by atoms with Gasteiger partial charge in [-0.3, -0.25) is 15.5 Å². The minimum absolute atomic E-state index is 0.0200. The molecule has 1 aromatic heterocycles. The summed E-state index contributed by atoms with van der Waals surface area (Å²) in [5.41, 5.74) is 10.9. The molecule has 1 heterocycles. The Bertz CT molecular complexity index is 967. The van der Waals surface area contributed by atoms with Gasteiger partial charge < -0.3 is 5.73 Å². The fourth-order valence-corrected chi connectivity index (χ4v) is 2.38. The van der Waals surface area contributed by atoms with Gasteiger partial charge in [-0.1, -0.05) is 30.3 Å². The lowest BCUT2D eigenvalue weighted by Gasteiger charge is -2.00. The SMILES string of the molecule is NC(=S)N/N=C/c1cn(-c2ccc([N+](=O)[O-])cc2)nc1-c1ccccc1. The minimum atomic E-state index is -0.443. The number of thiocarbonyl (C=S) groups is 1. The van der Waals surface area contributed by atoms with E-state index in [9.17, 15) is 10.1 Å². The van der Waals surface area contributed by atoms with E-state index in [1.54, 1.807) is 29.2 Å². The molecule has 2 aromatic carbocycles. The Morgan fingerprint density at radius 1 is 1.23 bits per heavy atom. The number of hydrogen-bond acceptors (Lipinski definition) is 5. The van der Waals surface area contributed by atoms with Crippen molar-refractivity contribution in [3.8, 4) is 16.9 Å². The third kappa shape index (κ3) is 3.90. The summed E-state index contributed by atoms with van der Waals surface area (Å²) in [5, 5.41) is 19.4. The van der Waals surface area contributed by atoms with Crippen molar-refractivity contribution in [3.63, 3.8) is 0 Å². The Morgan fingerprint density at radius 2 is 1.92 bits per heavy atom. The van der Waals surface area contributed by atoms with Crippen LogP contribution < -0.4 is 11.2 Å². The summed E-state index contributed by atoms with van der Waals surface area (Å²) in [6, 6.07) is 15.7. The zero-order valence-electron chi connectivity index (χ0n) is 13.4. The first-order chi connectivity index (χ1) is 12.5. The molecule has 0 saturated carbocycles. The van der Waals surface area contributed by atoms with Crippen molar-refractivity contribution in [2.45, 2.75) is 0 Å². The number of non-ortho nitro benzene ring substituents is 1. The van der Waals surface area contributed by atoms with Crippen LogP contribution in [0.3, 0.4) is 0 Å². The van der Waals surface area contributed by atoms with E-state index < -0.39 is 4.92 Å². The topological polar surface area (TPSA) is 111 Å². The summed E-state index contributed by atoms with van der Waals surface area (Å²) in [7, 11) is 0. The Kier molecular flexibility index (Phi) is 4.99. The first kappa shape index (κ1) is 17.2. The number of benzene rings is 2. The van der Waals surface area contributed by atoms with Crippen LogP contribution in [0.5, 0.6) is 0 Å². The lowest BCUT2D eigenvalue weighted by molar-refractivity contribution is -0.384. The number of nitro benzene ring substituents is 1. The van der Waals surface area contributed by atoms with E-state index in [4.69, 9.17) is 18.0 Å². The number of nitrogens with zero attached hydrogens (tertiary/aromatic N) is 4. The van der Waals surface area contributed by atoms with Crippen molar-refractivity contribution in [1.82, 2.24) is 15.2 Å². The van der Waals surface area contributed by atoms with Crippen LogP contribution in [0.2, 0.25) is 0 Å². The number of rotatable bonds is 5. The van der Waals surface area contributed by atoms with Crippen LogP contribution in [-0.4, -0.2) is 26.0 Å². The molecule has 0 atom stereocenters. The maximum Gasteiger partial charge on any atom is 0.269 e. The van der Waals surface area contributed by atoms with Gasteiger partial charge in [0.2, 0.25) is 0 Å². The van der Waals surface area contributed by atoms with Crippen molar-refractivity contribution in [2.75, 3.05) is 0 Å². The fraction of sp³-hybridized carbons (Fsp3) is 0. The molecule has 3 rings (SSSR count). The van der Waals surface area contributed by atoms with Crippen LogP contribution in [0, 0.1) is 10.1 Å². The Labute approximate surface area is 154 Å². The van der Waals surface area contributed by atoms with E-state index in [1.807, 2.05) is 30.3 Å². The number of hydrazone groups is 1. The first-order valence-corrected chi connectivity index (χ1v) is 7.94. The lowest BCUT2D eigenvalue weighted by Crippen LogP contribution is -2.24. The fourth-order valence-electron chi connectivity index (χ4n) is 2.33. The molecule has 9 heteroatoms. The number of nitrogens with one attached hydrogen (secondary N) is 1. The molecule has 3 aromatic rings. The number of aromatic nitrogens is 2. The molecule has 0 aliphatic carbocycles. The van der Waals surface area contributed by atoms with Crippen LogP contribution in [0.1, 0.15) is 5.56 Å². The molecule has 130 valence electrons. The summed E-state index contributed by atoms with van der Waals surface area (Å²) in [5.74, 6) is 0. The van der Waals surface area contributed by atoms with Crippen LogP contribution in [0.25, 0.3) is 16.9 Å². The molecule has 0 amide bonds. The van der Waals surface area contributed by atoms with E-state index in [1.165, 1.54) is 12.1 Å². The van der Waals surface area contributed by atoms with Gasteiger partial charge in [0, 0.05) is 29.5 Å². The predicted octanol–water partition coefficient (Wildman–Crippen LogP) is 2.61. The minimum Gasteiger partial charge on any atom is -0.375 e. The van der Waals surface area contributed by atoms with Crippen molar-refractivity contribution in [1.29, 1.82) is 0 Å². The molecular formula is C17H14N6O2S. The van der Waals surface area contributed by atoms with Crippen molar-refractivity contribution in [2.24, 2.45) is 10.8 Å². The highest BCUT2D eigenvalue weighted by Crippen LogP contribution is 2.23. The second-order valence-electron chi connectivity index (χ2n) is 5.25. The predicted molar refractivity (Wildman–Crippen MR) is 103 cm³/mol. The molecule has 8 nitrogen and oxygen atoms in total. The lowest BCUT2D eigenvalue weighted by atomic mass is 10.1. The maximum atomic E-state index is 10.8. The van der Waals surface area contributed by atoms with E-state index >= 15 is 0 Å². The van der Waals surface area contributed by atoms with Gasteiger partial charge in [-0.25, -0.2) is 4.68 Å². The molecule has 0 radical (unpaired) electrons. The summed E-state index contributed by atoms with van der Waals surface area (Å²) < 4.78 is 1.63. The van der Waals surface area contributed by atoms with E-state index in [-0.39, 0.29) is 10.8 Å². The van der Waals surface area contributed by atoms with Crippen LogP contribution in [0.15, 0.2) is 65.9 Å². The van der Waals surface area contributed by atoms with Crippen LogP contribution in [-0.2, 0) is 0 Å². The molecule has 0 spiro atoms. The van der Waals surface area contributed by atoms with Crippen molar-refractivity contribution >= 4 is 29.2 Å². The van der Waals surface area contributed by atoms with E-state index in [0.29, 0.717) is 11.4 Å². The van der Waals surface area contributed by atoms with Gasteiger partial charge in [0.25, 0.3) is 5.69 Å². The van der Waals surface area contributed by atoms with Gasteiger partial charge in [0.05, 0.1) is 16.8 Å². The maximum absolute atomic E-state index is 10.8. The Balaban J connectivity index is 2.01. The number of hydrogen-bond donors (Lipinski definition) is 2. The molecule has 26 heavy (non-hydrogen) atoms. The zero-order valence-corrected chi connectivity index (χ0v) is 14.3. The molecule has 0 aliphatic heterocycles. The molecule has 0 aliphatic rings. The van der Waals surface area contributed by atoms with Crippen LogP contribution >= 0.6 is 12.2 Å². The highest BCUT2D eigenvalue weighted by Gasteiger charge is 2.12. The average Bonchev–Trinajstić information content (AvgIpc) is 3.06. The largest absolute Gasteiger partial charge is 0.375 e. The van der Waals surface area contributed by atoms with Crippen molar-refractivity contribution in [3.05, 3.63) is 76.5 Å². The van der Waals surface area contributed by atoms with Gasteiger partial charge >= 0.3 is 0 Å². The highest BCUT2D eigenvalue weighted by molar-refractivity contribution is 7.80. The molecule has 0 unspecified atom stereocenters. The van der Waals surface area contributed by atoms with Crippen molar-refractivity contribution < 1.29 is 4.92 Å². The molecular weight excluding hydrogens is 352 g/mol. The second kappa shape index (κ2) is 7.53. The smallest absolute Gasteiger partial charge is 0.269 e. The molecule has 3 N–H and O–H groups in total. The summed E-state index contributed by atoms with van der Waals surface area (Å²) in [6.45, 7) is 0. The third-order valence-electron chi connectivity index (χ3n) is 3.49. The van der Waals surface area contributed by atoms with Gasteiger partial charge in [0.15, 0.2) is 5.11 Å². The average molecular weight is 366 g/mol. The number of nitrogens with two attached hydrogens (primary N) is 1. The van der Waals surface area contributed by atoms with Crippen LogP contribution in [0.4, 0.5) is 5.69 Å². The molecule has 0 fully saturated rings. The summed E-state index contributed by atoms with van der Waals surface area (Å²) >= 11 is 4.73. The normalized spacial score (nSPS) is 10.8. The highest BCUT2D eigenvalue weighted by atomic mass is 32.1. The standard InChI is InChI=1S/C17H14N6O2S/c18-17(26)20-19-10-13-11-22(14-6-8-15(9-7-14)23(24)25)21-16(13)12-4-2-1-3-5-12/h1-11H,(H3,18,20,26)/b19-10+. The zero-order chi connectivity index (χ0) is 18.5. The summed E-state index contributed by atoms with van der Waals surface area (Å²) in [4.78, 5) is 10.4. The third-order valence-corrected chi connectivity index (χ3v) is 3.58. The van der Waals surface area contributed by atoms with Gasteiger partial charge in [-0.2, -0.15) is 10.2 Å². The molecule has 0 saturated heterocycles. The first-order valence-electron chi connectivity index (χ1n) is 7.53. The Hall–Kier alpha value is -3.59. The molecule has 0 bridgehead atoms. The van der Waals surface area contributed by atoms with Gasteiger partial charge in [0.1, 0.15) is 5.69 Å². The monoisotopic (exact) mass is 366 g/mol. The quantitative estimate of drug-likeness (QED) is 0.311.